The summed E-state index contributed by atoms with van der Waals surface area (Å²) in [7, 11) is 2.58. The number of esters is 1. The van der Waals surface area contributed by atoms with Crippen LogP contribution in [0.1, 0.15) is 50.5 Å². The first-order chi connectivity index (χ1) is 20.8. The highest BCUT2D eigenvalue weighted by Crippen LogP contribution is 2.31. The number of pyridine rings is 1. The summed E-state index contributed by atoms with van der Waals surface area (Å²) >= 11 is 0. The average molecular weight is 610 g/mol. The van der Waals surface area contributed by atoms with Crippen molar-refractivity contribution < 1.29 is 43.1 Å². The van der Waals surface area contributed by atoms with Crippen molar-refractivity contribution in [2.45, 2.75) is 63.7 Å². The number of amides is 3. The quantitative estimate of drug-likeness (QED) is 0.234. The van der Waals surface area contributed by atoms with E-state index >= 15 is 0 Å². The van der Waals surface area contributed by atoms with Crippen LogP contribution in [0.3, 0.4) is 0 Å². The smallest absolute Gasteiger partial charge is 0.508 e. The molecule has 3 rings (SSSR count). The number of likely N-dealkylation sites (N-methyl/N-ethyl adjacent to an activating group) is 1. The normalized spacial score (nSPS) is 18.5. The second-order valence-corrected chi connectivity index (χ2v) is 11.3. The van der Waals surface area contributed by atoms with E-state index in [-0.39, 0.29) is 18.0 Å². The van der Waals surface area contributed by atoms with E-state index in [1.807, 2.05) is 44.2 Å². The molecule has 236 valence electrons. The van der Waals surface area contributed by atoms with Crippen LogP contribution in [0.5, 0.6) is 0 Å². The number of nitrogens with zero attached hydrogens (tertiary/aromatic N) is 2. The molecule has 1 saturated heterocycles. The lowest BCUT2D eigenvalue weighted by Gasteiger charge is -2.41. The van der Waals surface area contributed by atoms with Gasteiger partial charge in [0.25, 0.3) is 17.8 Å². The van der Waals surface area contributed by atoms with Crippen LogP contribution in [0.2, 0.25) is 0 Å². The van der Waals surface area contributed by atoms with Gasteiger partial charge in [0.1, 0.15) is 11.7 Å². The lowest BCUT2D eigenvalue weighted by atomic mass is 9.70. The molecule has 0 spiro atoms. The number of methoxy groups -OCH3 is 1. The van der Waals surface area contributed by atoms with Gasteiger partial charge in [-0.15, -0.1) is 0 Å². The summed E-state index contributed by atoms with van der Waals surface area (Å²) in [6.07, 6.45) is -2.22. The van der Waals surface area contributed by atoms with E-state index in [2.05, 4.69) is 15.6 Å². The summed E-state index contributed by atoms with van der Waals surface area (Å²) in [6.45, 7) is 5.05. The predicted octanol–water partition coefficient (Wildman–Crippen LogP) is 1.14. The fourth-order valence-corrected chi connectivity index (χ4v) is 4.85. The van der Waals surface area contributed by atoms with Crippen molar-refractivity contribution in [2.75, 3.05) is 21.2 Å². The topological polar surface area (TPSA) is 173 Å². The number of ether oxygens (including phenoxy) is 1. The summed E-state index contributed by atoms with van der Waals surface area (Å²) in [5.74, 6) is -4.81. The fraction of sp³-hybridized carbons (Fsp3) is 0.467. The van der Waals surface area contributed by atoms with Gasteiger partial charge in [-0.3, -0.25) is 24.0 Å². The maximum atomic E-state index is 13.5. The highest BCUT2D eigenvalue weighted by Gasteiger charge is 2.55. The molecule has 44 heavy (non-hydrogen) atoms. The summed E-state index contributed by atoms with van der Waals surface area (Å²) in [5, 5.41) is 15.7. The summed E-state index contributed by atoms with van der Waals surface area (Å²) in [5.41, 5.74) is -0.555. The second kappa shape index (κ2) is 14.9. The minimum atomic E-state index is -1.93. The fourth-order valence-electron chi connectivity index (χ4n) is 4.85. The Balaban J connectivity index is 1.85. The molecule has 3 amide bonds. The first kappa shape index (κ1) is 34.2. The Bertz CT molecular complexity index is 1360. The summed E-state index contributed by atoms with van der Waals surface area (Å²) < 4.78 is 16.2. The van der Waals surface area contributed by atoms with Gasteiger partial charge in [-0.1, -0.05) is 50.2 Å². The van der Waals surface area contributed by atoms with Crippen molar-refractivity contribution >= 4 is 36.8 Å². The second-order valence-electron chi connectivity index (χ2n) is 11.3. The Kier molecular flexibility index (Phi) is 11.6. The number of hydrogen-bond donors (Lipinski definition) is 3. The lowest BCUT2D eigenvalue weighted by Crippen LogP contribution is -2.64. The minimum absolute atomic E-state index is 0.0304. The van der Waals surface area contributed by atoms with Crippen molar-refractivity contribution in [3.8, 4) is 11.3 Å². The van der Waals surface area contributed by atoms with E-state index in [1.165, 1.54) is 32.0 Å². The largest absolute Gasteiger partial charge is 0.552 e. The third-order valence-corrected chi connectivity index (χ3v) is 6.96. The highest BCUT2D eigenvalue weighted by atomic mass is 16.6. The monoisotopic (exact) mass is 610 g/mol. The van der Waals surface area contributed by atoms with Gasteiger partial charge in [0.15, 0.2) is 5.60 Å². The number of carbonyl (C=O) groups excluding carboxylic acids is 5. The zero-order chi connectivity index (χ0) is 32.6. The Hall–Kier alpha value is -4.30. The lowest BCUT2D eigenvalue weighted by molar-refractivity contribution is -0.170. The highest BCUT2D eigenvalue weighted by molar-refractivity contribution is 6.50. The number of aliphatic hydroxyl groups excluding tert-OH is 1. The molecule has 1 aliphatic rings. The van der Waals surface area contributed by atoms with Gasteiger partial charge in [-0.2, -0.15) is 0 Å². The molecule has 3 N–H and O–H groups in total. The molecule has 0 radical (unpaired) electrons. The molecule has 4 atom stereocenters. The molecule has 2 aromatic rings. The molecule has 0 bridgehead atoms. The number of nitrogens with one attached hydrogen (secondary N) is 2. The van der Waals surface area contributed by atoms with Gasteiger partial charge >= 0.3 is 13.1 Å². The van der Waals surface area contributed by atoms with Crippen LogP contribution >= 0.6 is 0 Å². The van der Waals surface area contributed by atoms with Gasteiger partial charge in [0, 0.05) is 19.7 Å². The van der Waals surface area contributed by atoms with Crippen LogP contribution < -0.4 is 10.6 Å². The molecule has 1 aromatic heterocycles. The molecule has 2 heterocycles. The molecule has 1 aliphatic heterocycles. The Morgan fingerprint density at radius 3 is 2.34 bits per heavy atom. The van der Waals surface area contributed by atoms with Crippen LogP contribution in [0.15, 0.2) is 48.5 Å². The number of hydrogen-bond acceptors (Lipinski definition) is 10. The molecule has 0 unspecified atom stereocenters. The average Bonchev–Trinajstić information content (AvgIpc) is 2.98. The summed E-state index contributed by atoms with van der Waals surface area (Å²) in [6, 6.07) is 12.7. The van der Waals surface area contributed by atoms with E-state index in [0.29, 0.717) is 5.69 Å². The third-order valence-electron chi connectivity index (χ3n) is 6.96. The number of aliphatic hydroxyl groups is 1. The minimum Gasteiger partial charge on any atom is -0.508 e. The molecule has 0 aliphatic carbocycles. The Labute approximate surface area is 256 Å². The number of benzene rings is 1. The van der Waals surface area contributed by atoms with E-state index in [0.717, 1.165) is 12.7 Å². The van der Waals surface area contributed by atoms with Crippen LogP contribution in [-0.2, 0) is 33.2 Å². The van der Waals surface area contributed by atoms with Gasteiger partial charge in [0.05, 0.1) is 37.7 Å². The standard InChI is InChI=1S/C30H39BN4O9/c1-18(2)15-23(31-43-25(38)17-30(44-31,16-24(37)42-6)29(41)35(4)5)33-28(40)26(19(3)36)34-27(39)22-14-10-13-21(32-22)20-11-8-7-9-12-20/h7-14,18-19,23,26,36H,15-17H2,1-6H3,(H,33,40)(H,34,39)/t19-,23+,26+,30+/m1/s1. The van der Waals surface area contributed by atoms with E-state index in [9.17, 15) is 29.1 Å². The van der Waals surface area contributed by atoms with Gasteiger partial charge < -0.3 is 34.7 Å². The number of aromatic nitrogens is 1. The van der Waals surface area contributed by atoms with Crippen LogP contribution in [-0.4, -0.2) is 96.7 Å². The van der Waals surface area contributed by atoms with E-state index < -0.39 is 73.3 Å². The first-order valence-corrected chi connectivity index (χ1v) is 14.2. The number of rotatable bonds is 12. The van der Waals surface area contributed by atoms with E-state index in [1.54, 1.807) is 12.1 Å². The SMILES string of the molecule is COC(=O)C[C@@]1(C(=O)N(C)C)CC(=O)OB([C@H](CC(C)C)NC(=O)[C@@H](NC(=O)c2cccc(-c3ccccc3)n2)[C@@H](C)O)O1. The maximum Gasteiger partial charge on any atom is 0.552 e. The molecular formula is C30H39BN4O9. The zero-order valence-corrected chi connectivity index (χ0v) is 25.7. The van der Waals surface area contributed by atoms with Crippen LogP contribution in [0, 0.1) is 5.92 Å². The molecular weight excluding hydrogens is 571 g/mol. The third kappa shape index (κ3) is 8.63. The van der Waals surface area contributed by atoms with Crippen molar-refractivity contribution in [2.24, 2.45) is 5.92 Å². The van der Waals surface area contributed by atoms with Crippen molar-refractivity contribution in [3.05, 3.63) is 54.2 Å². The Morgan fingerprint density at radius 1 is 1.07 bits per heavy atom. The Morgan fingerprint density at radius 2 is 1.75 bits per heavy atom. The molecule has 1 aromatic carbocycles. The van der Waals surface area contributed by atoms with Gasteiger partial charge in [-0.25, -0.2) is 4.98 Å². The van der Waals surface area contributed by atoms with E-state index in [4.69, 9.17) is 14.0 Å². The van der Waals surface area contributed by atoms with Crippen molar-refractivity contribution in [3.63, 3.8) is 0 Å². The molecule has 14 heteroatoms. The maximum absolute atomic E-state index is 13.5. The van der Waals surface area contributed by atoms with Crippen LogP contribution in [0.25, 0.3) is 11.3 Å². The van der Waals surface area contributed by atoms with Crippen LogP contribution in [0.4, 0.5) is 0 Å². The number of carbonyl (C=O) groups is 5. The zero-order valence-electron chi connectivity index (χ0n) is 25.7. The van der Waals surface area contributed by atoms with Gasteiger partial charge in [0.2, 0.25) is 5.91 Å². The van der Waals surface area contributed by atoms with Crippen molar-refractivity contribution in [1.82, 2.24) is 20.5 Å². The predicted molar refractivity (Wildman–Crippen MR) is 160 cm³/mol. The first-order valence-electron chi connectivity index (χ1n) is 14.2. The molecule has 1 fully saturated rings. The molecule has 0 saturated carbocycles. The van der Waals surface area contributed by atoms with Gasteiger partial charge in [-0.05, 0) is 31.4 Å². The summed E-state index contributed by atoms with van der Waals surface area (Å²) in [4.78, 5) is 70.6. The van der Waals surface area contributed by atoms with Crippen molar-refractivity contribution in [1.29, 1.82) is 0 Å². The molecule has 13 nitrogen and oxygen atoms in total.